The van der Waals surface area contributed by atoms with Crippen LogP contribution in [-0.2, 0) is 16.0 Å². The number of aryl methyl sites for hydroxylation is 1. The zero-order valence-electron chi connectivity index (χ0n) is 18.5. The molecule has 0 saturated carbocycles. The zero-order valence-corrected chi connectivity index (χ0v) is 19.4. The van der Waals surface area contributed by atoms with Crippen LogP contribution >= 0.6 is 11.3 Å². The van der Waals surface area contributed by atoms with Crippen molar-refractivity contribution in [3.63, 3.8) is 0 Å². The normalized spacial score (nSPS) is 15.3. The molecular weight excluding hydrogens is 422 g/mol. The van der Waals surface area contributed by atoms with E-state index in [4.69, 9.17) is 9.47 Å². The van der Waals surface area contributed by atoms with Gasteiger partial charge in [0.25, 0.3) is 0 Å². The van der Waals surface area contributed by atoms with Crippen molar-refractivity contribution in [2.45, 2.75) is 19.4 Å². The number of morpholine rings is 1. The lowest BCUT2D eigenvalue weighted by atomic mass is 10.0. The van der Waals surface area contributed by atoms with E-state index < -0.39 is 0 Å². The monoisotopic (exact) mass is 451 g/mol. The van der Waals surface area contributed by atoms with Crippen molar-refractivity contribution >= 4 is 17.2 Å². The minimum Gasteiger partial charge on any atom is -0.497 e. The van der Waals surface area contributed by atoms with E-state index in [1.54, 1.807) is 18.4 Å². The van der Waals surface area contributed by atoms with Crippen molar-refractivity contribution in [2.24, 2.45) is 0 Å². The van der Waals surface area contributed by atoms with Crippen molar-refractivity contribution in [2.75, 3.05) is 40.0 Å². The molecule has 1 aromatic heterocycles. The largest absolute Gasteiger partial charge is 0.497 e. The van der Waals surface area contributed by atoms with Gasteiger partial charge in [-0.05, 0) is 30.7 Å². The Kier molecular flexibility index (Phi) is 7.52. The molecular formula is C25H29N3O3S. The average Bonchev–Trinajstić information content (AvgIpc) is 3.29. The number of nitrogens with one attached hydrogen (secondary N) is 1. The summed E-state index contributed by atoms with van der Waals surface area (Å²) in [5, 5.41) is 6.04. The maximum Gasteiger partial charge on any atom is 0.226 e. The molecule has 0 bridgehead atoms. The number of carbonyl (C=O) groups excluding carboxylic acids is 1. The summed E-state index contributed by atoms with van der Waals surface area (Å²) < 4.78 is 10.8. The van der Waals surface area contributed by atoms with E-state index in [0.717, 1.165) is 40.7 Å². The van der Waals surface area contributed by atoms with Gasteiger partial charge in [-0.25, -0.2) is 4.98 Å². The summed E-state index contributed by atoms with van der Waals surface area (Å²) >= 11 is 1.58. The van der Waals surface area contributed by atoms with E-state index >= 15 is 0 Å². The Morgan fingerprint density at radius 1 is 1.22 bits per heavy atom. The van der Waals surface area contributed by atoms with Gasteiger partial charge in [-0.3, -0.25) is 9.69 Å². The van der Waals surface area contributed by atoms with E-state index in [2.05, 4.69) is 52.5 Å². The molecule has 0 aliphatic carbocycles. The molecule has 1 fully saturated rings. The van der Waals surface area contributed by atoms with Crippen LogP contribution in [0.1, 0.15) is 22.9 Å². The molecule has 2 heterocycles. The molecule has 1 amide bonds. The van der Waals surface area contributed by atoms with Crippen LogP contribution < -0.4 is 10.1 Å². The number of hydrogen-bond donors (Lipinski definition) is 1. The summed E-state index contributed by atoms with van der Waals surface area (Å²) in [4.78, 5) is 19.8. The smallest absolute Gasteiger partial charge is 0.226 e. The molecule has 1 aliphatic heterocycles. The van der Waals surface area contributed by atoms with Gasteiger partial charge in [0.2, 0.25) is 5.91 Å². The van der Waals surface area contributed by atoms with Gasteiger partial charge in [-0.1, -0.05) is 35.9 Å². The predicted octanol–water partition coefficient (Wildman–Crippen LogP) is 3.86. The first kappa shape index (κ1) is 22.5. The molecule has 6 nitrogen and oxygen atoms in total. The molecule has 1 atom stereocenters. The highest BCUT2D eigenvalue weighted by molar-refractivity contribution is 7.13. The molecule has 1 unspecified atom stereocenters. The first-order valence-corrected chi connectivity index (χ1v) is 11.7. The van der Waals surface area contributed by atoms with Crippen LogP contribution in [0.2, 0.25) is 0 Å². The van der Waals surface area contributed by atoms with Crippen LogP contribution in [0.5, 0.6) is 5.75 Å². The molecule has 3 aromatic rings. The number of thiazole rings is 1. The van der Waals surface area contributed by atoms with Crippen LogP contribution in [0.15, 0.2) is 53.9 Å². The van der Waals surface area contributed by atoms with E-state index in [-0.39, 0.29) is 18.4 Å². The number of rotatable bonds is 8. The van der Waals surface area contributed by atoms with Gasteiger partial charge in [0.05, 0.1) is 38.5 Å². The van der Waals surface area contributed by atoms with Crippen LogP contribution in [0, 0.1) is 6.92 Å². The van der Waals surface area contributed by atoms with Gasteiger partial charge < -0.3 is 14.8 Å². The predicted molar refractivity (Wildman–Crippen MR) is 127 cm³/mol. The number of nitrogens with zero attached hydrogens (tertiary/aromatic N) is 2. The van der Waals surface area contributed by atoms with E-state index in [1.165, 1.54) is 5.56 Å². The van der Waals surface area contributed by atoms with Gasteiger partial charge in [-0.2, -0.15) is 0 Å². The van der Waals surface area contributed by atoms with Gasteiger partial charge in [0, 0.05) is 30.6 Å². The number of aromatic nitrogens is 1. The summed E-state index contributed by atoms with van der Waals surface area (Å²) in [7, 11) is 1.66. The van der Waals surface area contributed by atoms with Crippen LogP contribution in [0.3, 0.4) is 0 Å². The lowest BCUT2D eigenvalue weighted by Crippen LogP contribution is -2.44. The van der Waals surface area contributed by atoms with Gasteiger partial charge >= 0.3 is 0 Å². The summed E-state index contributed by atoms with van der Waals surface area (Å²) in [6.07, 6.45) is 0.279. The fourth-order valence-corrected chi connectivity index (χ4v) is 4.73. The number of amides is 1. The Balaban J connectivity index is 1.39. The van der Waals surface area contributed by atoms with Gasteiger partial charge in [0.1, 0.15) is 10.8 Å². The molecule has 0 spiro atoms. The molecule has 4 rings (SSSR count). The van der Waals surface area contributed by atoms with Crippen LogP contribution in [-0.4, -0.2) is 55.7 Å². The van der Waals surface area contributed by atoms with Crippen LogP contribution in [0.4, 0.5) is 0 Å². The summed E-state index contributed by atoms with van der Waals surface area (Å²) in [5.41, 5.74) is 4.25. The third-order valence-corrected chi connectivity index (χ3v) is 6.58. The highest BCUT2D eigenvalue weighted by Crippen LogP contribution is 2.25. The second kappa shape index (κ2) is 10.7. The Hall–Kier alpha value is -2.74. The molecule has 1 aliphatic rings. The number of carbonyl (C=O) groups is 1. The highest BCUT2D eigenvalue weighted by Gasteiger charge is 2.23. The maximum absolute atomic E-state index is 12.7. The molecule has 7 heteroatoms. The quantitative estimate of drug-likeness (QED) is 0.564. The minimum atomic E-state index is -0.0159. The van der Waals surface area contributed by atoms with Gasteiger partial charge in [-0.15, -0.1) is 11.3 Å². The number of benzene rings is 2. The Bertz CT molecular complexity index is 1030. The van der Waals surface area contributed by atoms with Crippen molar-refractivity contribution in [3.8, 4) is 16.3 Å². The first-order valence-electron chi connectivity index (χ1n) is 10.9. The van der Waals surface area contributed by atoms with Crippen LogP contribution in [0.25, 0.3) is 10.6 Å². The fourth-order valence-electron chi connectivity index (χ4n) is 3.91. The van der Waals surface area contributed by atoms with E-state index in [1.807, 2.05) is 23.6 Å². The Morgan fingerprint density at radius 2 is 2.00 bits per heavy atom. The topological polar surface area (TPSA) is 63.7 Å². The molecule has 168 valence electrons. The first-order chi connectivity index (χ1) is 15.6. The third-order valence-electron chi connectivity index (χ3n) is 5.64. The lowest BCUT2D eigenvalue weighted by Gasteiger charge is -2.35. The third kappa shape index (κ3) is 5.73. The summed E-state index contributed by atoms with van der Waals surface area (Å²) in [6.45, 7) is 5.72. The zero-order chi connectivity index (χ0) is 22.3. The minimum absolute atomic E-state index is 0.0159. The summed E-state index contributed by atoms with van der Waals surface area (Å²) in [6, 6.07) is 16.4. The Morgan fingerprint density at radius 3 is 2.72 bits per heavy atom. The molecule has 1 saturated heterocycles. The van der Waals surface area contributed by atoms with Crippen molar-refractivity contribution < 1.29 is 14.3 Å². The number of hydrogen-bond acceptors (Lipinski definition) is 6. The average molecular weight is 452 g/mol. The van der Waals surface area contributed by atoms with E-state index in [0.29, 0.717) is 19.8 Å². The van der Waals surface area contributed by atoms with Crippen molar-refractivity contribution in [3.05, 3.63) is 70.7 Å². The fraction of sp³-hybridized carbons (Fsp3) is 0.360. The molecule has 32 heavy (non-hydrogen) atoms. The SMILES string of the molecule is COc1ccc(C(CNC(=O)Cc2csc(-c3cccc(C)c3)n2)N2CCOCC2)cc1. The second-order valence-corrected chi connectivity index (χ2v) is 8.79. The van der Waals surface area contributed by atoms with E-state index in [9.17, 15) is 4.79 Å². The number of ether oxygens (including phenoxy) is 2. The Labute approximate surface area is 193 Å². The molecule has 0 radical (unpaired) electrons. The number of methoxy groups -OCH3 is 1. The lowest BCUT2D eigenvalue weighted by molar-refractivity contribution is -0.120. The second-order valence-electron chi connectivity index (χ2n) is 7.93. The standard InChI is InChI=1S/C25H29N3O3S/c1-18-4-3-5-20(14-18)25-27-21(17-32-25)15-24(29)26-16-23(28-10-12-31-13-11-28)19-6-8-22(30-2)9-7-19/h3-9,14,17,23H,10-13,15-16H2,1-2H3,(H,26,29). The van der Waals surface area contributed by atoms with Crippen molar-refractivity contribution in [1.82, 2.24) is 15.2 Å². The highest BCUT2D eigenvalue weighted by atomic mass is 32.1. The summed E-state index contributed by atoms with van der Waals surface area (Å²) in [5.74, 6) is 0.810. The maximum atomic E-state index is 12.7. The van der Waals surface area contributed by atoms with Gasteiger partial charge in [0.15, 0.2) is 0 Å². The van der Waals surface area contributed by atoms with Crippen molar-refractivity contribution in [1.29, 1.82) is 0 Å². The molecule has 2 aromatic carbocycles. The molecule has 1 N–H and O–H groups in total.